The Morgan fingerprint density at radius 2 is 2.00 bits per heavy atom. The van der Waals surface area contributed by atoms with Crippen LogP contribution in [0, 0.1) is 0 Å². The van der Waals surface area contributed by atoms with E-state index in [-0.39, 0.29) is 18.7 Å². The van der Waals surface area contributed by atoms with Crippen molar-refractivity contribution in [2.75, 3.05) is 12.0 Å². The lowest BCUT2D eigenvalue weighted by atomic mass is 9.98. The number of carbonyl (C=O) groups excluding carboxylic acids is 1. The molecule has 0 bridgehead atoms. The second kappa shape index (κ2) is 9.34. The van der Waals surface area contributed by atoms with Crippen LogP contribution in [0.2, 0.25) is 0 Å². The maximum Gasteiger partial charge on any atom is 0.354 e. The van der Waals surface area contributed by atoms with E-state index in [0.717, 1.165) is 0 Å². The molecule has 0 fully saturated rings. The van der Waals surface area contributed by atoms with Crippen LogP contribution in [-0.4, -0.2) is 28.4 Å². The fraction of sp³-hybridized carbons (Fsp3) is 0.211. The Morgan fingerprint density at radius 3 is 2.64 bits per heavy atom. The monoisotopic (exact) mass is 339 g/mol. The average Bonchev–Trinajstić information content (AvgIpc) is 2.66. The summed E-state index contributed by atoms with van der Waals surface area (Å²) in [5.41, 5.74) is 3.99. The number of rotatable bonds is 8. The van der Waals surface area contributed by atoms with Gasteiger partial charge in [-0.25, -0.2) is 9.78 Å². The molecule has 0 spiro atoms. The Kier molecular flexibility index (Phi) is 6.86. The van der Waals surface area contributed by atoms with Gasteiger partial charge in [0.2, 0.25) is 0 Å². The molecule has 0 radical (unpaired) electrons. The maximum absolute atomic E-state index is 12.1. The van der Waals surface area contributed by atoms with Crippen molar-refractivity contribution in [2.24, 2.45) is 5.10 Å². The molecule has 130 valence electrons. The molecule has 25 heavy (non-hydrogen) atoms. The molecule has 1 heterocycles. The molecule has 2 rings (SSSR count). The molecule has 0 saturated heterocycles. The van der Waals surface area contributed by atoms with Crippen molar-refractivity contribution in [3.05, 3.63) is 72.4 Å². The summed E-state index contributed by atoms with van der Waals surface area (Å²) in [4.78, 5) is 16.2. The van der Waals surface area contributed by atoms with Gasteiger partial charge in [-0.15, -0.1) is 0 Å². The second-order valence-electron chi connectivity index (χ2n) is 5.25. The Balaban J connectivity index is 2.12. The summed E-state index contributed by atoms with van der Waals surface area (Å²) in [5.74, 6) is -0.0640. The second-order valence-corrected chi connectivity index (χ2v) is 5.25. The maximum atomic E-state index is 12.1. The van der Waals surface area contributed by atoms with Crippen LogP contribution in [0.5, 0.6) is 0 Å². The van der Waals surface area contributed by atoms with Gasteiger partial charge in [0.25, 0.3) is 0 Å². The number of hydrazone groups is 1. The third-order valence-electron chi connectivity index (χ3n) is 3.38. The first-order valence-corrected chi connectivity index (χ1v) is 7.93. The first kappa shape index (κ1) is 18.4. The number of aliphatic hydroxyl groups excluding tert-OH is 1. The van der Waals surface area contributed by atoms with Gasteiger partial charge in [0.05, 0.1) is 6.61 Å². The molecule has 0 amide bonds. The predicted molar refractivity (Wildman–Crippen MR) is 97.1 cm³/mol. The average molecular weight is 339 g/mol. The van der Waals surface area contributed by atoms with Crippen molar-refractivity contribution < 1.29 is 14.6 Å². The van der Waals surface area contributed by atoms with E-state index >= 15 is 0 Å². The lowest BCUT2D eigenvalue weighted by molar-refractivity contribution is -0.135. The van der Waals surface area contributed by atoms with Gasteiger partial charge < -0.3 is 9.84 Å². The molecule has 1 aromatic heterocycles. The van der Waals surface area contributed by atoms with Crippen LogP contribution in [0.15, 0.2) is 72.0 Å². The highest BCUT2D eigenvalue weighted by Crippen LogP contribution is 2.23. The number of anilines is 1. The Labute approximate surface area is 146 Å². The summed E-state index contributed by atoms with van der Waals surface area (Å²) in [7, 11) is 0. The minimum absolute atomic E-state index is 0.0781. The van der Waals surface area contributed by atoms with Gasteiger partial charge in [-0.05, 0) is 30.2 Å². The number of nitrogens with one attached hydrogen (secondary N) is 1. The topological polar surface area (TPSA) is 83.8 Å². The molecule has 6 heteroatoms. The molecule has 2 aromatic rings. The number of hydrogen-bond acceptors (Lipinski definition) is 6. The molecular formula is C19H21N3O3. The van der Waals surface area contributed by atoms with E-state index in [0.29, 0.717) is 17.0 Å². The minimum atomic E-state index is -0.893. The Hall–Kier alpha value is -2.99. The van der Waals surface area contributed by atoms with Crippen LogP contribution in [-0.2, 0) is 9.53 Å². The third kappa shape index (κ3) is 5.54. The molecule has 0 saturated carbocycles. The number of pyridine rings is 1. The number of aromatic nitrogens is 1. The summed E-state index contributed by atoms with van der Waals surface area (Å²) in [6, 6.07) is 14.4. The van der Waals surface area contributed by atoms with Crippen LogP contribution in [0.3, 0.4) is 0 Å². The van der Waals surface area contributed by atoms with Gasteiger partial charge in [0.15, 0.2) is 0 Å². The molecule has 6 nitrogen and oxygen atoms in total. The number of aliphatic hydroxyl groups is 1. The number of carbonyl (C=O) groups is 1. The Bertz CT molecular complexity index is 730. The van der Waals surface area contributed by atoms with E-state index in [2.05, 4.69) is 22.1 Å². The van der Waals surface area contributed by atoms with Crippen LogP contribution < -0.4 is 5.43 Å². The lowest BCUT2D eigenvalue weighted by Crippen LogP contribution is -2.21. The molecule has 2 N–H and O–H groups in total. The normalized spacial score (nSPS) is 12.3. The summed E-state index contributed by atoms with van der Waals surface area (Å²) < 4.78 is 5.03. The number of esters is 1. The summed E-state index contributed by atoms with van der Waals surface area (Å²) in [6.45, 7) is 5.84. The van der Waals surface area contributed by atoms with E-state index in [4.69, 9.17) is 4.74 Å². The van der Waals surface area contributed by atoms with Gasteiger partial charge in [0, 0.05) is 12.6 Å². The quantitative estimate of drug-likeness (QED) is 0.334. The first-order valence-electron chi connectivity index (χ1n) is 7.93. The van der Waals surface area contributed by atoms with E-state index in [1.807, 2.05) is 18.2 Å². The van der Waals surface area contributed by atoms with Crippen molar-refractivity contribution in [3.8, 4) is 0 Å². The van der Waals surface area contributed by atoms with Crippen molar-refractivity contribution in [2.45, 2.75) is 19.4 Å². The summed E-state index contributed by atoms with van der Waals surface area (Å²) in [5, 5.41) is 14.5. The van der Waals surface area contributed by atoms with Crippen molar-refractivity contribution in [1.29, 1.82) is 0 Å². The zero-order valence-electron chi connectivity index (χ0n) is 14.1. The standard InChI is InChI=1S/C19H21N3O3/c1-3-25-19(24)16(21-22-17-11-7-8-12-20-17)13-14(2)18(23)15-9-5-4-6-10-15/h4-12,18,23H,2-3,13H2,1H3,(H,20,22)/b21-16+. The zero-order chi connectivity index (χ0) is 18.1. The predicted octanol–water partition coefficient (Wildman–Crippen LogP) is 3.09. The molecule has 0 aliphatic rings. The smallest absolute Gasteiger partial charge is 0.354 e. The summed E-state index contributed by atoms with van der Waals surface area (Å²) in [6.07, 6.45) is 0.796. The van der Waals surface area contributed by atoms with E-state index in [9.17, 15) is 9.90 Å². The van der Waals surface area contributed by atoms with Crippen LogP contribution in [0.1, 0.15) is 25.0 Å². The van der Waals surface area contributed by atoms with Crippen molar-refractivity contribution in [1.82, 2.24) is 4.98 Å². The third-order valence-corrected chi connectivity index (χ3v) is 3.38. The van der Waals surface area contributed by atoms with Gasteiger partial charge >= 0.3 is 5.97 Å². The number of benzene rings is 1. The Morgan fingerprint density at radius 1 is 1.28 bits per heavy atom. The largest absolute Gasteiger partial charge is 0.461 e. The van der Waals surface area contributed by atoms with E-state index in [1.165, 1.54) is 0 Å². The fourth-order valence-electron chi connectivity index (χ4n) is 2.11. The van der Waals surface area contributed by atoms with Crippen LogP contribution in [0.4, 0.5) is 5.82 Å². The van der Waals surface area contributed by atoms with Gasteiger partial charge in [-0.1, -0.05) is 43.0 Å². The minimum Gasteiger partial charge on any atom is -0.461 e. The molecule has 1 aromatic carbocycles. The number of hydrogen-bond donors (Lipinski definition) is 2. The molecule has 0 aliphatic carbocycles. The fourth-order valence-corrected chi connectivity index (χ4v) is 2.11. The highest BCUT2D eigenvalue weighted by molar-refractivity contribution is 6.37. The highest BCUT2D eigenvalue weighted by atomic mass is 16.5. The van der Waals surface area contributed by atoms with Gasteiger partial charge in [-0.3, -0.25) is 5.43 Å². The molecule has 1 unspecified atom stereocenters. The van der Waals surface area contributed by atoms with Crippen molar-refractivity contribution >= 4 is 17.5 Å². The zero-order valence-corrected chi connectivity index (χ0v) is 14.1. The van der Waals surface area contributed by atoms with E-state index in [1.54, 1.807) is 43.5 Å². The van der Waals surface area contributed by atoms with Crippen molar-refractivity contribution in [3.63, 3.8) is 0 Å². The number of ether oxygens (including phenoxy) is 1. The lowest BCUT2D eigenvalue weighted by Gasteiger charge is -2.15. The molecular weight excluding hydrogens is 318 g/mol. The molecule has 1 atom stereocenters. The van der Waals surface area contributed by atoms with E-state index < -0.39 is 12.1 Å². The first-order chi connectivity index (χ1) is 12.1. The SMILES string of the molecule is C=C(C/C(=N\Nc1ccccn1)C(=O)OCC)C(O)c1ccccc1. The highest BCUT2D eigenvalue weighted by Gasteiger charge is 2.19. The van der Waals surface area contributed by atoms with Gasteiger partial charge in [-0.2, -0.15) is 5.10 Å². The van der Waals surface area contributed by atoms with Crippen LogP contribution in [0.25, 0.3) is 0 Å². The molecule has 0 aliphatic heterocycles. The summed E-state index contributed by atoms with van der Waals surface area (Å²) >= 11 is 0. The van der Waals surface area contributed by atoms with Gasteiger partial charge in [0.1, 0.15) is 17.6 Å². The van der Waals surface area contributed by atoms with Crippen LogP contribution >= 0.6 is 0 Å². The number of nitrogens with zero attached hydrogens (tertiary/aromatic N) is 2.